The maximum Gasteiger partial charge on any atom is 0.239 e. The Morgan fingerprint density at radius 1 is 1.11 bits per heavy atom. The highest BCUT2D eigenvalue weighted by Gasteiger charge is 2.24. The third kappa shape index (κ3) is 2.31. The van der Waals surface area contributed by atoms with Crippen molar-refractivity contribution in [2.75, 3.05) is 0 Å². The lowest BCUT2D eigenvalue weighted by Crippen LogP contribution is -2.12. The summed E-state index contributed by atoms with van der Waals surface area (Å²) in [6.45, 7) is 6.00. The van der Waals surface area contributed by atoms with Crippen LogP contribution in [0, 0.1) is 0 Å². The summed E-state index contributed by atoms with van der Waals surface area (Å²) in [5.41, 5.74) is 0.647. The van der Waals surface area contributed by atoms with Crippen LogP contribution in [-0.2, 0) is 15.3 Å². The number of aromatic amines is 1. The van der Waals surface area contributed by atoms with Crippen molar-refractivity contribution in [2.45, 2.75) is 36.2 Å². The number of aromatic nitrogens is 2. The topological polar surface area (TPSA) is 62.8 Å². The maximum atomic E-state index is 12.3. The molecule has 0 spiro atoms. The fourth-order valence-electron chi connectivity index (χ4n) is 1.53. The minimum atomic E-state index is -3.55. The van der Waals surface area contributed by atoms with Gasteiger partial charge >= 0.3 is 0 Å². The molecule has 0 amide bonds. The first kappa shape index (κ1) is 12.8. The molecule has 0 aliphatic heterocycles. The summed E-state index contributed by atoms with van der Waals surface area (Å²) in [6.07, 6.45) is 1.58. The molecule has 96 valence electrons. The Bertz CT molecular complexity index is 637. The Hall–Kier alpha value is -1.62. The first-order valence-electron chi connectivity index (χ1n) is 5.67. The molecular weight excluding hydrogens is 248 g/mol. The Morgan fingerprint density at radius 2 is 1.72 bits per heavy atom. The zero-order valence-corrected chi connectivity index (χ0v) is 11.5. The molecule has 0 atom stereocenters. The van der Waals surface area contributed by atoms with Gasteiger partial charge in [0.05, 0.1) is 4.90 Å². The summed E-state index contributed by atoms with van der Waals surface area (Å²) in [5, 5.41) is -0.00127. The van der Waals surface area contributed by atoms with Crippen LogP contribution in [0.25, 0.3) is 0 Å². The van der Waals surface area contributed by atoms with Gasteiger partial charge in [-0.3, -0.25) is 0 Å². The van der Waals surface area contributed by atoms with E-state index in [-0.39, 0.29) is 15.5 Å². The number of nitrogens with one attached hydrogen (secondary N) is 1. The predicted molar refractivity (Wildman–Crippen MR) is 69.2 cm³/mol. The molecule has 0 saturated carbocycles. The van der Waals surface area contributed by atoms with E-state index in [4.69, 9.17) is 0 Å². The van der Waals surface area contributed by atoms with E-state index in [1.165, 1.54) is 0 Å². The Morgan fingerprint density at radius 3 is 2.22 bits per heavy atom. The van der Waals surface area contributed by atoms with Gasteiger partial charge < -0.3 is 4.98 Å². The van der Waals surface area contributed by atoms with E-state index in [2.05, 4.69) is 9.97 Å². The van der Waals surface area contributed by atoms with Gasteiger partial charge in [-0.25, -0.2) is 13.4 Å². The minimum Gasteiger partial charge on any atom is -0.332 e. The summed E-state index contributed by atoms with van der Waals surface area (Å²) in [7, 11) is -3.55. The van der Waals surface area contributed by atoms with Crippen LogP contribution in [0.2, 0.25) is 0 Å². The van der Waals surface area contributed by atoms with Gasteiger partial charge in [0, 0.05) is 17.3 Å². The summed E-state index contributed by atoms with van der Waals surface area (Å²) in [6, 6.07) is 8.30. The van der Waals surface area contributed by atoms with E-state index in [0.29, 0.717) is 0 Å². The largest absolute Gasteiger partial charge is 0.332 e. The third-order valence-electron chi connectivity index (χ3n) is 2.67. The quantitative estimate of drug-likeness (QED) is 0.906. The van der Waals surface area contributed by atoms with Gasteiger partial charge in [0.25, 0.3) is 0 Å². The number of nitrogens with zero attached hydrogens (tertiary/aromatic N) is 1. The normalized spacial score (nSPS) is 12.6. The van der Waals surface area contributed by atoms with Crippen molar-refractivity contribution in [3.63, 3.8) is 0 Å². The van der Waals surface area contributed by atoms with Crippen LogP contribution in [0.5, 0.6) is 0 Å². The van der Waals surface area contributed by atoms with Crippen LogP contribution >= 0.6 is 0 Å². The highest BCUT2D eigenvalue weighted by Crippen LogP contribution is 2.23. The zero-order valence-electron chi connectivity index (χ0n) is 10.6. The maximum absolute atomic E-state index is 12.3. The number of sulfone groups is 1. The van der Waals surface area contributed by atoms with Gasteiger partial charge in [0.2, 0.25) is 15.0 Å². The average Bonchev–Trinajstić information content (AvgIpc) is 2.79. The van der Waals surface area contributed by atoms with E-state index in [1.54, 1.807) is 36.5 Å². The molecule has 0 unspecified atom stereocenters. The predicted octanol–water partition coefficient (Wildman–Crippen LogP) is 2.54. The SMILES string of the molecule is CC(C)(C)c1cnc(S(=O)(=O)c2ccccc2)[nH]1. The molecule has 1 N–H and O–H groups in total. The van der Waals surface area contributed by atoms with E-state index < -0.39 is 9.84 Å². The van der Waals surface area contributed by atoms with Gasteiger partial charge in [-0.2, -0.15) is 0 Å². The Balaban J connectivity index is 2.47. The zero-order chi connectivity index (χ0) is 13.4. The molecule has 0 bridgehead atoms. The van der Waals surface area contributed by atoms with Crippen molar-refractivity contribution < 1.29 is 8.42 Å². The number of rotatable bonds is 2. The van der Waals surface area contributed by atoms with Crippen LogP contribution in [0.15, 0.2) is 46.6 Å². The second-order valence-corrected chi connectivity index (χ2v) is 7.03. The number of hydrogen-bond donors (Lipinski definition) is 1. The Labute approximate surface area is 107 Å². The van der Waals surface area contributed by atoms with Crippen LogP contribution in [0.3, 0.4) is 0 Å². The molecule has 2 rings (SSSR count). The molecule has 18 heavy (non-hydrogen) atoms. The monoisotopic (exact) mass is 264 g/mol. The molecule has 0 saturated heterocycles. The first-order valence-corrected chi connectivity index (χ1v) is 7.16. The van der Waals surface area contributed by atoms with E-state index >= 15 is 0 Å². The highest BCUT2D eigenvalue weighted by molar-refractivity contribution is 7.91. The van der Waals surface area contributed by atoms with Crippen molar-refractivity contribution in [1.82, 2.24) is 9.97 Å². The summed E-state index contributed by atoms with van der Waals surface area (Å²) in [5.74, 6) is 0. The number of benzene rings is 1. The fourth-order valence-corrected chi connectivity index (χ4v) is 2.71. The molecule has 0 fully saturated rings. The van der Waals surface area contributed by atoms with E-state index in [1.807, 2.05) is 20.8 Å². The molecule has 1 heterocycles. The lowest BCUT2D eigenvalue weighted by Gasteiger charge is -2.15. The lowest BCUT2D eigenvalue weighted by atomic mass is 9.93. The second-order valence-electron chi connectivity index (χ2n) is 5.17. The molecule has 5 heteroatoms. The number of hydrogen-bond acceptors (Lipinski definition) is 3. The number of imidazole rings is 1. The second kappa shape index (κ2) is 4.24. The van der Waals surface area contributed by atoms with Crippen LogP contribution < -0.4 is 0 Å². The van der Waals surface area contributed by atoms with Crippen molar-refractivity contribution in [2.24, 2.45) is 0 Å². The summed E-state index contributed by atoms with van der Waals surface area (Å²) >= 11 is 0. The number of H-pyrrole nitrogens is 1. The molecule has 0 aliphatic carbocycles. The van der Waals surface area contributed by atoms with Crippen LogP contribution in [0.4, 0.5) is 0 Å². The van der Waals surface area contributed by atoms with Crippen molar-refractivity contribution in [3.8, 4) is 0 Å². The van der Waals surface area contributed by atoms with Crippen molar-refractivity contribution >= 4 is 9.84 Å². The van der Waals surface area contributed by atoms with Crippen LogP contribution in [-0.4, -0.2) is 18.4 Å². The van der Waals surface area contributed by atoms with E-state index in [0.717, 1.165) is 5.69 Å². The van der Waals surface area contributed by atoms with Gasteiger partial charge in [-0.15, -0.1) is 0 Å². The standard InChI is InChI=1S/C13H16N2O2S/c1-13(2,3)11-9-14-12(15-11)18(16,17)10-7-5-4-6-8-10/h4-9H,1-3H3,(H,14,15). The molecule has 0 radical (unpaired) electrons. The van der Waals surface area contributed by atoms with Crippen LogP contribution in [0.1, 0.15) is 26.5 Å². The molecule has 1 aromatic carbocycles. The van der Waals surface area contributed by atoms with Gasteiger partial charge in [-0.05, 0) is 12.1 Å². The third-order valence-corrected chi connectivity index (χ3v) is 4.28. The molecule has 1 aromatic heterocycles. The minimum absolute atomic E-state index is 0.00127. The smallest absolute Gasteiger partial charge is 0.239 e. The van der Waals surface area contributed by atoms with Crippen molar-refractivity contribution in [1.29, 1.82) is 0 Å². The molecule has 0 aliphatic rings. The van der Waals surface area contributed by atoms with Crippen molar-refractivity contribution in [3.05, 3.63) is 42.2 Å². The molecule has 4 nitrogen and oxygen atoms in total. The summed E-state index contributed by atoms with van der Waals surface area (Å²) in [4.78, 5) is 7.13. The van der Waals surface area contributed by atoms with Gasteiger partial charge in [0.15, 0.2) is 0 Å². The summed E-state index contributed by atoms with van der Waals surface area (Å²) < 4.78 is 24.6. The fraction of sp³-hybridized carbons (Fsp3) is 0.308. The average molecular weight is 264 g/mol. The molecule has 2 aromatic rings. The van der Waals surface area contributed by atoms with E-state index in [9.17, 15) is 8.42 Å². The molecular formula is C13H16N2O2S. The Kier molecular flexibility index (Phi) is 3.02. The van der Waals surface area contributed by atoms with Gasteiger partial charge in [0.1, 0.15) is 0 Å². The first-order chi connectivity index (χ1) is 8.32. The highest BCUT2D eigenvalue weighted by atomic mass is 32.2. The van der Waals surface area contributed by atoms with Gasteiger partial charge in [-0.1, -0.05) is 39.0 Å². The lowest BCUT2D eigenvalue weighted by molar-refractivity contribution is 0.564.